The van der Waals surface area contributed by atoms with E-state index in [1.165, 1.54) is 18.4 Å². The first-order chi connectivity index (χ1) is 8.08. The minimum atomic E-state index is 0.148. The van der Waals surface area contributed by atoms with Gasteiger partial charge in [0.2, 0.25) is 5.95 Å². The van der Waals surface area contributed by atoms with Gasteiger partial charge in [-0.1, -0.05) is 12.1 Å². The van der Waals surface area contributed by atoms with Crippen molar-refractivity contribution in [3.63, 3.8) is 0 Å². The highest BCUT2D eigenvalue weighted by atomic mass is 15.2. The topological polar surface area (TPSA) is 29.9 Å². The van der Waals surface area contributed by atoms with Crippen LogP contribution in [-0.4, -0.2) is 15.1 Å². The van der Waals surface area contributed by atoms with E-state index in [0.29, 0.717) is 0 Å². The standard InChI is InChI=1S/C14H19N3/c1-14(2,10-8-9-10)16-13-15-11-6-4-5-7-12(11)17(13)3/h4-7,10H,8-9H2,1-3H3,(H,15,16). The molecule has 0 aliphatic heterocycles. The van der Waals surface area contributed by atoms with Crippen LogP contribution in [0.5, 0.6) is 0 Å². The Bertz CT molecular complexity index is 550. The van der Waals surface area contributed by atoms with Gasteiger partial charge in [-0.15, -0.1) is 0 Å². The maximum Gasteiger partial charge on any atom is 0.204 e. The fourth-order valence-corrected chi connectivity index (χ4v) is 2.45. The lowest BCUT2D eigenvalue weighted by Gasteiger charge is -2.26. The fourth-order valence-electron chi connectivity index (χ4n) is 2.45. The summed E-state index contributed by atoms with van der Waals surface area (Å²) in [5.74, 6) is 1.77. The van der Waals surface area contributed by atoms with Crippen molar-refractivity contribution in [2.45, 2.75) is 32.2 Å². The van der Waals surface area contributed by atoms with Gasteiger partial charge in [-0.05, 0) is 44.7 Å². The lowest BCUT2D eigenvalue weighted by atomic mass is 9.99. The first-order valence-corrected chi connectivity index (χ1v) is 6.27. The molecule has 2 aromatic rings. The molecule has 0 spiro atoms. The first-order valence-electron chi connectivity index (χ1n) is 6.27. The lowest BCUT2D eigenvalue weighted by molar-refractivity contribution is 0.488. The third-order valence-electron chi connectivity index (χ3n) is 3.82. The molecule has 1 aliphatic rings. The van der Waals surface area contributed by atoms with Crippen molar-refractivity contribution >= 4 is 17.0 Å². The number of rotatable bonds is 3. The summed E-state index contributed by atoms with van der Waals surface area (Å²) in [4.78, 5) is 4.66. The Kier molecular flexibility index (Phi) is 2.18. The van der Waals surface area contributed by atoms with E-state index in [2.05, 4.69) is 54.0 Å². The summed E-state index contributed by atoms with van der Waals surface area (Å²) >= 11 is 0. The molecule has 3 rings (SSSR count). The third-order valence-corrected chi connectivity index (χ3v) is 3.82. The van der Waals surface area contributed by atoms with Crippen molar-refractivity contribution in [3.05, 3.63) is 24.3 Å². The summed E-state index contributed by atoms with van der Waals surface area (Å²) < 4.78 is 2.14. The summed E-state index contributed by atoms with van der Waals surface area (Å²) in [6, 6.07) is 8.26. The van der Waals surface area contributed by atoms with Crippen LogP contribution in [0.25, 0.3) is 11.0 Å². The SMILES string of the molecule is Cn1c(NC(C)(C)C2CC2)nc2ccccc21. The number of aryl methyl sites for hydroxylation is 1. The van der Waals surface area contributed by atoms with Crippen molar-refractivity contribution in [1.29, 1.82) is 0 Å². The largest absolute Gasteiger partial charge is 0.350 e. The number of hydrogen-bond acceptors (Lipinski definition) is 2. The van der Waals surface area contributed by atoms with Crippen LogP contribution in [0.1, 0.15) is 26.7 Å². The molecule has 1 N–H and O–H groups in total. The van der Waals surface area contributed by atoms with E-state index in [1.54, 1.807) is 0 Å². The average molecular weight is 229 g/mol. The molecule has 0 saturated heterocycles. The average Bonchev–Trinajstić information content (AvgIpc) is 3.08. The molecule has 1 heterocycles. The Morgan fingerprint density at radius 1 is 1.29 bits per heavy atom. The summed E-state index contributed by atoms with van der Waals surface area (Å²) in [5, 5.41) is 3.59. The number of nitrogens with one attached hydrogen (secondary N) is 1. The summed E-state index contributed by atoms with van der Waals surface area (Å²) in [7, 11) is 2.07. The van der Waals surface area contributed by atoms with Crippen LogP contribution in [0.2, 0.25) is 0 Å². The van der Waals surface area contributed by atoms with E-state index < -0.39 is 0 Å². The van der Waals surface area contributed by atoms with E-state index in [0.717, 1.165) is 17.4 Å². The smallest absolute Gasteiger partial charge is 0.204 e. The Morgan fingerprint density at radius 3 is 2.65 bits per heavy atom. The van der Waals surface area contributed by atoms with Crippen molar-refractivity contribution in [2.24, 2.45) is 13.0 Å². The quantitative estimate of drug-likeness (QED) is 0.876. The molecule has 3 heteroatoms. The van der Waals surface area contributed by atoms with E-state index in [9.17, 15) is 0 Å². The summed E-state index contributed by atoms with van der Waals surface area (Å²) in [6.07, 6.45) is 2.67. The molecule has 0 radical (unpaired) electrons. The maximum absolute atomic E-state index is 4.66. The zero-order chi connectivity index (χ0) is 12.0. The van der Waals surface area contributed by atoms with Gasteiger partial charge < -0.3 is 9.88 Å². The molecule has 0 atom stereocenters. The second-order valence-electron chi connectivity index (χ2n) is 5.60. The normalized spacial score (nSPS) is 16.4. The fraction of sp³-hybridized carbons (Fsp3) is 0.500. The zero-order valence-corrected chi connectivity index (χ0v) is 10.7. The number of para-hydroxylation sites is 2. The van der Waals surface area contributed by atoms with Gasteiger partial charge >= 0.3 is 0 Å². The van der Waals surface area contributed by atoms with Gasteiger partial charge in [0.25, 0.3) is 0 Å². The van der Waals surface area contributed by atoms with E-state index in [1.807, 2.05) is 6.07 Å². The number of hydrogen-bond donors (Lipinski definition) is 1. The number of aromatic nitrogens is 2. The molecule has 1 aliphatic carbocycles. The number of imidazole rings is 1. The highest BCUT2D eigenvalue weighted by molar-refractivity contribution is 5.78. The Labute approximate surface area is 102 Å². The Morgan fingerprint density at radius 2 is 2.00 bits per heavy atom. The first kappa shape index (κ1) is 10.6. The molecule has 3 nitrogen and oxygen atoms in total. The second kappa shape index (κ2) is 3.49. The maximum atomic E-state index is 4.66. The highest BCUT2D eigenvalue weighted by Gasteiger charge is 2.38. The zero-order valence-electron chi connectivity index (χ0n) is 10.7. The summed E-state index contributed by atoms with van der Waals surface area (Å²) in [6.45, 7) is 4.54. The molecule has 0 bridgehead atoms. The second-order valence-corrected chi connectivity index (χ2v) is 5.60. The molecular formula is C14H19N3. The Hall–Kier alpha value is -1.51. The Balaban J connectivity index is 1.97. The van der Waals surface area contributed by atoms with E-state index >= 15 is 0 Å². The van der Waals surface area contributed by atoms with Gasteiger partial charge in [-0.25, -0.2) is 4.98 Å². The van der Waals surface area contributed by atoms with Crippen LogP contribution in [-0.2, 0) is 7.05 Å². The van der Waals surface area contributed by atoms with Crippen LogP contribution in [0.15, 0.2) is 24.3 Å². The molecule has 1 aromatic carbocycles. The predicted octanol–water partition coefficient (Wildman–Crippen LogP) is 3.17. The minimum Gasteiger partial charge on any atom is -0.350 e. The van der Waals surface area contributed by atoms with Crippen molar-refractivity contribution in [1.82, 2.24) is 9.55 Å². The molecule has 17 heavy (non-hydrogen) atoms. The van der Waals surface area contributed by atoms with Crippen LogP contribution < -0.4 is 5.32 Å². The molecule has 1 saturated carbocycles. The third kappa shape index (κ3) is 1.79. The predicted molar refractivity (Wildman–Crippen MR) is 71.1 cm³/mol. The van der Waals surface area contributed by atoms with Gasteiger partial charge in [0.05, 0.1) is 11.0 Å². The van der Waals surface area contributed by atoms with E-state index in [-0.39, 0.29) is 5.54 Å². The van der Waals surface area contributed by atoms with Gasteiger partial charge in [0, 0.05) is 12.6 Å². The molecule has 0 unspecified atom stereocenters. The molecule has 1 fully saturated rings. The van der Waals surface area contributed by atoms with Crippen LogP contribution in [0, 0.1) is 5.92 Å². The van der Waals surface area contributed by atoms with E-state index in [4.69, 9.17) is 0 Å². The molecular weight excluding hydrogens is 210 g/mol. The van der Waals surface area contributed by atoms with Gasteiger partial charge in [-0.2, -0.15) is 0 Å². The van der Waals surface area contributed by atoms with Crippen LogP contribution in [0.3, 0.4) is 0 Å². The number of anilines is 1. The molecule has 1 aromatic heterocycles. The number of benzene rings is 1. The van der Waals surface area contributed by atoms with Crippen molar-refractivity contribution in [2.75, 3.05) is 5.32 Å². The highest BCUT2D eigenvalue weighted by Crippen LogP contribution is 2.41. The van der Waals surface area contributed by atoms with Crippen molar-refractivity contribution in [3.8, 4) is 0 Å². The lowest BCUT2D eigenvalue weighted by Crippen LogP contribution is -2.34. The van der Waals surface area contributed by atoms with Gasteiger partial charge in [0.15, 0.2) is 0 Å². The monoisotopic (exact) mass is 229 g/mol. The van der Waals surface area contributed by atoms with Crippen LogP contribution in [0.4, 0.5) is 5.95 Å². The summed E-state index contributed by atoms with van der Waals surface area (Å²) in [5.41, 5.74) is 2.39. The molecule has 0 amide bonds. The number of nitrogens with zero attached hydrogens (tertiary/aromatic N) is 2. The van der Waals surface area contributed by atoms with Gasteiger partial charge in [-0.3, -0.25) is 0 Å². The van der Waals surface area contributed by atoms with Crippen molar-refractivity contribution < 1.29 is 0 Å². The number of fused-ring (bicyclic) bond motifs is 1. The molecule has 90 valence electrons. The minimum absolute atomic E-state index is 0.148. The van der Waals surface area contributed by atoms with Crippen LogP contribution >= 0.6 is 0 Å². The van der Waals surface area contributed by atoms with Gasteiger partial charge in [0.1, 0.15) is 0 Å².